The molecule has 4 heteroatoms. The van der Waals surface area contributed by atoms with Gasteiger partial charge in [-0.15, -0.1) is 0 Å². The normalized spacial score (nSPS) is 10.1. The van der Waals surface area contributed by atoms with Gasteiger partial charge in [0.15, 0.2) is 0 Å². The number of amides is 2. The van der Waals surface area contributed by atoms with Crippen molar-refractivity contribution in [2.75, 3.05) is 10.6 Å². The van der Waals surface area contributed by atoms with E-state index in [1.807, 2.05) is 51.1 Å². The summed E-state index contributed by atoms with van der Waals surface area (Å²) in [6.45, 7) is 5.94. The molecule has 0 aliphatic rings. The van der Waals surface area contributed by atoms with Gasteiger partial charge in [0.2, 0.25) is 0 Å². The lowest BCUT2D eigenvalue weighted by Gasteiger charge is -2.10. The van der Waals surface area contributed by atoms with Crippen LogP contribution >= 0.6 is 0 Å². The molecule has 1 heterocycles. The van der Waals surface area contributed by atoms with Crippen molar-refractivity contribution < 1.29 is 4.79 Å². The molecule has 0 spiro atoms. The molecular weight excluding hydrogens is 238 g/mol. The third-order valence-corrected chi connectivity index (χ3v) is 2.79. The van der Waals surface area contributed by atoms with Gasteiger partial charge in [0, 0.05) is 11.9 Å². The minimum atomic E-state index is -0.287. The Hall–Kier alpha value is -2.36. The van der Waals surface area contributed by atoms with Crippen molar-refractivity contribution in [2.24, 2.45) is 0 Å². The molecule has 2 amide bonds. The third kappa shape index (κ3) is 3.55. The van der Waals surface area contributed by atoms with Gasteiger partial charge in [0.1, 0.15) is 5.82 Å². The van der Waals surface area contributed by atoms with Crippen LogP contribution in [0.25, 0.3) is 0 Å². The Morgan fingerprint density at radius 3 is 2.42 bits per heavy atom. The number of benzene rings is 1. The van der Waals surface area contributed by atoms with E-state index in [2.05, 4.69) is 15.6 Å². The Morgan fingerprint density at radius 1 is 1.00 bits per heavy atom. The molecule has 0 atom stereocenters. The summed E-state index contributed by atoms with van der Waals surface area (Å²) in [5, 5.41) is 5.53. The van der Waals surface area contributed by atoms with Crippen molar-refractivity contribution in [2.45, 2.75) is 20.8 Å². The zero-order valence-corrected chi connectivity index (χ0v) is 11.3. The second kappa shape index (κ2) is 5.52. The van der Waals surface area contributed by atoms with Gasteiger partial charge in [-0.1, -0.05) is 17.7 Å². The fourth-order valence-electron chi connectivity index (χ4n) is 1.83. The van der Waals surface area contributed by atoms with Gasteiger partial charge in [0.25, 0.3) is 0 Å². The first kappa shape index (κ1) is 13.1. The SMILES string of the molecule is Cc1ccnc(NC(=O)Nc2ccc(C)cc2C)c1. The molecule has 0 aliphatic carbocycles. The average Bonchev–Trinajstić information content (AvgIpc) is 2.33. The van der Waals surface area contributed by atoms with Gasteiger partial charge in [0.05, 0.1) is 0 Å². The van der Waals surface area contributed by atoms with E-state index in [1.165, 1.54) is 5.56 Å². The molecule has 1 aromatic carbocycles. The second-order valence-electron chi connectivity index (χ2n) is 4.62. The summed E-state index contributed by atoms with van der Waals surface area (Å²) >= 11 is 0. The van der Waals surface area contributed by atoms with Crippen LogP contribution < -0.4 is 10.6 Å². The van der Waals surface area contributed by atoms with Crippen molar-refractivity contribution in [3.05, 3.63) is 53.2 Å². The van der Waals surface area contributed by atoms with E-state index in [4.69, 9.17) is 0 Å². The summed E-state index contributed by atoms with van der Waals surface area (Å²) in [5.41, 5.74) is 4.06. The number of rotatable bonds is 2. The highest BCUT2D eigenvalue weighted by atomic mass is 16.2. The number of carbonyl (C=O) groups is 1. The zero-order chi connectivity index (χ0) is 13.8. The van der Waals surface area contributed by atoms with Crippen LogP contribution in [0.3, 0.4) is 0 Å². The number of carbonyl (C=O) groups excluding carboxylic acids is 1. The van der Waals surface area contributed by atoms with Crippen LogP contribution in [0.15, 0.2) is 36.5 Å². The van der Waals surface area contributed by atoms with Crippen LogP contribution in [-0.4, -0.2) is 11.0 Å². The van der Waals surface area contributed by atoms with Crippen LogP contribution in [-0.2, 0) is 0 Å². The molecule has 0 saturated carbocycles. The molecule has 0 radical (unpaired) electrons. The summed E-state index contributed by atoms with van der Waals surface area (Å²) in [5.74, 6) is 0.544. The first-order chi connectivity index (χ1) is 9.04. The fourth-order valence-corrected chi connectivity index (χ4v) is 1.83. The maximum atomic E-state index is 11.9. The average molecular weight is 255 g/mol. The summed E-state index contributed by atoms with van der Waals surface area (Å²) < 4.78 is 0. The van der Waals surface area contributed by atoms with Crippen LogP contribution in [0.4, 0.5) is 16.3 Å². The number of anilines is 2. The quantitative estimate of drug-likeness (QED) is 0.860. The first-order valence-electron chi connectivity index (χ1n) is 6.12. The van der Waals surface area contributed by atoms with Crippen molar-refractivity contribution in [1.82, 2.24) is 4.98 Å². The molecule has 2 aromatic rings. The maximum absolute atomic E-state index is 11.9. The lowest BCUT2D eigenvalue weighted by atomic mass is 10.1. The zero-order valence-electron chi connectivity index (χ0n) is 11.3. The highest BCUT2D eigenvalue weighted by Crippen LogP contribution is 2.16. The predicted octanol–water partition coefficient (Wildman–Crippen LogP) is 3.65. The maximum Gasteiger partial charge on any atom is 0.324 e. The predicted molar refractivity (Wildman–Crippen MR) is 77.5 cm³/mol. The van der Waals surface area contributed by atoms with E-state index < -0.39 is 0 Å². The number of aryl methyl sites for hydroxylation is 3. The summed E-state index contributed by atoms with van der Waals surface area (Å²) in [6.07, 6.45) is 1.67. The Morgan fingerprint density at radius 2 is 1.74 bits per heavy atom. The summed E-state index contributed by atoms with van der Waals surface area (Å²) in [6, 6.07) is 9.31. The van der Waals surface area contributed by atoms with Gasteiger partial charge in [-0.2, -0.15) is 0 Å². The molecule has 19 heavy (non-hydrogen) atoms. The number of aromatic nitrogens is 1. The molecule has 1 aromatic heterocycles. The topological polar surface area (TPSA) is 54.0 Å². The minimum absolute atomic E-state index is 0.287. The molecule has 98 valence electrons. The second-order valence-corrected chi connectivity index (χ2v) is 4.62. The number of hydrogen-bond acceptors (Lipinski definition) is 2. The summed E-state index contributed by atoms with van der Waals surface area (Å²) in [7, 11) is 0. The van der Waals surface area contributed by atoms with Crippen molar-refractivity contribution in [3.8, 4) is 0 Å². The third-order valence-electron chi connectivity index (χ3n) is 2.79. The summed E-state index contributed by atoms with van der Waals surface area (Å²) in [4.78, 5) is 16.0. The first-order valence-corrected chi connectivity index (χ1v) is 6.12. The molecule has 0 aliphatic heterocycles. The van der Waals surface area contributed by atoms with E-state index in [-0.39, 0.29) is 6.03 Å². The van der Waals surface area contributed by atoms with Crippen molar-refractivity contribution >= 4 is 17.5 Å². The van der Waals surface area contributed by atoms with Crippen LogP contribution in [0.5, 0.6) is 0 Å². The number of urea groups is 1. The molecule has 2 N–H and O–H groups in total. The van der Waals surface area contributed by atoms with Crippen molar-refractivity contribution in [3.63, 3.8) is 0 Å². The van der Waals surface area contributed by atoms with Gasteiger partial charge in [-0.25, -0.2) is 9.78 Å². The fraction of sp³-hybridized carbons (Fsp3) is 0.200. The lowest BCUT2D eigenvalue weighted by Crippen LogP contribution is -2.20. The Balaban J connectivity index is 2.05. The number of hydrogen-bond donors (Lipinski definition) is 2. The molecule has 4 nitrogen and oxygen atoms in total. The van der Waals surface area contributed by atoms with Crippen molar-refractivity contribution in [1.29, 1.82) is 0 Å². The molecule has 0 bridgehead atoms. The highest BCUT2D eigenvalue weighted by Gasteiger charge is 2.05. The Bertz CT molecular complexity index is 608. The lowest BCUT2D eigenvalue weighted by molar-refractivity contribution is 0.262. The van der Waals surface area contributed by atoms with Gasteiger partial charge in [-0.3, -0.25) is 5.32 Å². The van der Waals surface area contributed by atoms with Crippen LogP contribution in [0, 0.1) is 20.8 Å². The molecule has 0 unspecified atom stereocenters. The number of nitrogens with one attached hydrogen (secondary N) is 2. The molecule has 2 rings (SSSR count). The molecular formula is C15H17N3O. The number of pyridine rings is 1. The highest BCUT2D eigenvalue weighted by molar-refractivity contribution is 5.99. The van der Waals surface area contributed by atoms with E-state index in [0.29, 0.717) is 5.82 Å². The molecule has 0 saturated heterocycles. The monoisotopic (exact) mass is 255 g/mol. The largest absolute Gasteiger partial charge is 0.324 e. The van der Waals surface area contributed by atoms with E-state index >= 15 is 0 Å². The Kier molecular flexibility index (Phi) is 3.80. The van der Waals surface area contributed by atoms with Crippen LogP contribution in [0.2, 0.25) is 0 Å². The van der Waals surface area contributed by atoms with E-state index in [0.717, 1.165) is 16.8 Å². The smallest absolute Gasteiger partial charge is 0.307 e. The van der Waals surface area contributed by atoms with E-state index in [9.17, 15) is 4.79 Å². The molecule has 0 fully saturated rings. The number of nitrogens with zero attached hydrogens (tertiary/aromatic N) is 1. The van der Waals surface area contributed by atoms with Gasteiger partial charge in [-0.05, 0) is 50.1 Å². The van der Waals surface area contributed by atoms with Gasteiger partial charge < -0.3 is 5.32 Å². The van der Waals surface area contributed by atoms with Crippen LogP contribution in [0.1, 0.15) is 16.7 Å². The Labute approximate surface area is 112 Å². The van der Waals surface area contributed by atoms with E-state index in [1.54, 1.807) is 6.20 Å². The minimum Gasteiger partial charge on any atom is -0.307 e. The standard InChI is InChI=1S/C15H17N3O/c1-10-4-5-13(12(3)8-10)17-15(19)18-14-9-11(2)6-7-16-14/h4-9H,1-3H3,(H2,16,17,18,19). The van der Waals surface area contributed by atoms with Gasteiger partial charge >= 0.3 is 6.03 Å².